The normalized spacial score (nSPS) is 15.8. The third-order valence-corrected chi connectivity index (χ3v) is 5.21. The van der Waals surface area contributed by atoms with Crippen molar-refractivity contribution in [3.63, 3.8) is 0 Å². The van der Waals surface area contributed by atoms with E-state index in [-0.39, 0.29) is 12.5 Å². The monoisotopic (exact) mass is 520 g/mol. The predicted molar refractivity (Wildman–Crippen MR) is 124 cm³/mol. The van der Waals surface area contributed by atoms with Crippen molar-refractivity contribution in [2.75, 3.05) is 13.1 Å². The Hall–Kier alpha value is -1.19. The highest BCUT2D eigenvalue weighted by Crippen LogP contribution is 2.14. The van der Waals surface area contributed by atoms with E-state index < -0.39 is 30.0 Å². The number of halogens is 2. The summed E-state index contributed by atoms with van der Waals surface area (Å²) >= 11 is 2.23. The van der Waals surface area contributed by atoms with Crippen molar-refractivity contribution in [1.29, 1.82) is 0 Å². The first-order valence-corrected chi connectivity index (χ1v) is 11.0. The standard InChI is InChI=1S/C22H34FIN2O3/c1-6-16(18(23)7-2)13-25-14-20(27)19(26-21(28)29-22(3,4)5)12-15-8-10-17(24)11-9-15/h7-11,16,18-20,25,27H,2,6,12-14H2,1,3-5H3,(H,26,28)/t16?,18?,19-,20-/m0/s1. The molecule has 164 valence electrons. The predicted octanol–water partition coefficient (Wildman–Crippen LogP) is 4.23. The molecule has 0 heterocycles. The molecule has 0 fully saturated rings. The highest BCUT2D eigenvalue weighted by atomic mass is 127. The maximum atomic E-state index is 13.8. The third kappa shape index (κ3) is 10.4. The van der Waals surface area contributed by atoms with Crippen molar-refractivity contribution in [3.05, 3.63) is 46.1 Å². The van der Waals surface area contributed by atoms with Gasteiger partial charge in [-0.25, -0.2) is 9.18 Å². The second-order valence-corrected chi connectivity index (χ2v) is 9.40. The number of amides is 1. The van der Waals surface area contributed by atoms with Crippen molar-refractivity contribution in [2.24, 2.45) is 5.92 Å². The molecule has 0 saturated carbocycles. The van der Waals surface area contributed by atoms with Crippen LogP contribution in [-0.2, 0) is 11.2 Å². The number of aliphatic hydroxyl groups is 1. The molecular weight excluding hydrogens is 486 g/mol. The minimum atomic E-state index is -1.09. The second-order valence-electron chi connectivity index (χ2n) is 8.16. The maximum Gasteiger partial charge on any atom is 0.407 e. The van der Waals surface area contributed by atoms with Gasteiger partial charge in [-0.15, -0.1) is 6.58 Å². The van der Waals surface area contributed by atoms with Crippen molar-refractivity contribution in [1.82, 2.24) is 10.6 Å². The molecule has 1 aromatic rings. The molecule has 3 N–H and O–H groups in total. The van der Waals surface area contributed by atoms with E-state index in [0.717, 1.165) is 9.13 Å². The van der Waals surface area contributed by atoms with Crippen LogP contribution >= 0.6 is 22.6 Å². The third-order valence-electron chi connectivity index (χ3n) is 4.50. The SMILES string of the molecule is C=CC(F)C(CC)CNC[C@H](O)[C@H](Cc1ccc(I)cc1)NC(=O)OC(C)(C)C. The minimum absolute atomic E-state index is 0.201. The number of aliphatic hydroxyl groups excluding tert-OH is 1. The zero-order chi connectivity index (χ0) is 22.0. The van der Waals surface area contributed by atoms with E-state index in [4.69, 9.17) is 4.74 Å². The molecule has 4 atom stereocenters. The van der Waals surface area contributed by atoms with Gasteiger partial charge in [-0.2, -0.15) is 0 Å². The van der Waals surface area contributed by atoms with Crippen LogP contribution < -0.4 is 10.6 Å². The lowest BCUT2D eigenvalue weighted by atomic mass is 9.99. The Bertz CT molecular complexity index is 634. The minimum Gasteiger partial charge on any atom is -0.444 e. The molecule has 0 bridgehead atoms. The molecule has 0 spiro atoms. The Morgan fingerprint density at radius 1 is 1.31 bits per heavy atom. The molecule has 29 heavy (non-hydrogen) atoms. The van der Waals surface area contributed by atoms with Crippen LogP contribution in [0.2, 0.25) is 0 Å². The van der Waals surface area contributed by atoms with Crippen LogP contribution in [0.4, 0.5) is 9.18 Å². The van der Waals surface area contributed by atoms with E-state index in [1.54, 1.807) is 20.8 Å². The van der Waals surface area contributed by atoms with Gasteiger partial charge >= 0.3 is 6.09 Å². The fourth-order valence-electron chi connectivity index (χ4n) is 2.85. The Kier molecular flexibility index (Phi) is 11.1. The zero-order valence-corrected chi connectivity index (χ0v) is 19.9. The van der Waals surface area contributed by atoms with Crippen LogP contribution in [0.5, 0.6) is 0 Å². The number of nitrogens with one attached hydrogen (secondary N) is 2. The molecule has 1 rings (SSSR count). The first-order chi connectivity index (χ1) is 13.6. The molecule has 0 aliphatic heterocycles. The summed E-state index contributed by atoms with van der Waals surface area (Å²) in [6.45, 7) is 11.4. The van der Waals surface area contributed by atoms with Gasteiger partial charge < -0.3 is 20.5 Å². The van der Waals surface area contributed by atoms with E-state index in [9.17, 15) is 14.3 Å². The van der Waals surface area contributed by atoms with E-state index in [1.807, 2.05) is 31.2 Å². The second kappa shape index (κ2) is 12.5. The molecule has 0 radical (unpaired) electrons. The lowest BCUT2D eigenvalue weighted by Gasteiger charge is -2.27. The van der Waals surface area contributed by atoms with Crippen LogP contribution in [0.3, 0.4) is 0 Å². The topological polar surface area (TPSA) is 70.6 Å². The Morgan fingerprint density at radius 2 is 1.93 bits per heavy atom. The van der Waals surface area contributed by atoms with Gasteiger partial charge in [0, 0.05) is 22.6 Å². The maximum absolute atomic E-state index is 13.8. The number of alkyl halides is 1. The van der Waals surface area contributed by atoms with Gasteiger partial charge in [-0.3, -0.25) is 0 Å². The summed E-state index contributed by atoms with van der Waals surface area (Å²) < 4.78 is 20.3. The summed E-state index contributed by atoms with van der Waals surface area (Å²) in [5.41, 5.74) is 0.364. The van der Waals surface area contributed by atoms with Crippen molar-refractivity contribution >= 4 is 28.7 Å². The lowest BCUT2D eigenvalue weighted by Crippen LogP contribution is -2.50. The number of hydrogen-bond acceptors (Lipinski definition) is 4. The fourth-order valence-corrected chi connectivity index (χ4v) is 3.21. The lowest BCUT2D eigenvalue weighted by molar-refractivity contribution is 0.0421. The number of carbonyl (C=O) groups excluding carboxylic acids is 1. The first-order valence-electron chi connectivity index (χ1n) is 9.95. The van der Waals surface area contributed by atoms with Gasteiger partial charge in [0.15, 0.2) is 0 Å². The Morgan fingerprint density at radius 3 is 2.45 bits per heavy atom. The average Bonchev–Trinajstić information content (AvgIpc) is 2.64. The van der Waals surface area contributed by atoms with Crippen LogP contribution in [0.1, 0.15) is 39.7 Å². The van der Waals surface area contributed by atoms with E-state index in [2.05, 4.69) is 39.8 Å². The van der Waals surface area contributed by atoms with Crippen LogP contribution in [0.25, 0.3) is 0 Å². The summed E-state index contributed by atoms with van der Waals surface area (Å²) in [5.74, 6) is -0.201. The molecule has 0 aliphatic rings. The smallest absolute Gasteiger partial charge is 0.407 e. The summed E-state index contributed by atoms with van der Waals surface area (Å²) in [6.07, 6.45) is -0.106. The van der Waals surface area contributed by atoms with Gasteiger partial charge in [-0.1, -0.05) is 25.1 Å². The Balaban J connectivity index is 2.75. The molecule has 1 aromatic carbocycles. The molecule has 0 saturated heterocycles. The van der Waals surface area contributed by atoms with Gasteiger partial charge in [0.25, 0.3) is 0 Å². The van der Waals surface area contributed by atoms with Gasteiger partial charge in [0.2, 0.25) is 0 Å². The van der Waals surface area contributed by atoms with E-state index >= 15 is 0 Å². The summed E-state index contributed by atoms with van der Waals surface area (Å²) in [5, 5.41) is 16.6. The number of rotatable bonds is 11. The van der Waals surface area contributed by atoms with E-state index in [1.165, 1.54) is 6.08 Å². The number of alkyl carbamates (subject to hydrolysis) is 1. The molecule has 1 amide bonds. The number of benzene rings is 1. The van der Waals surface area contributed by atoms with Crippen molar-refractivity contribution < 1.29 is 19.0 Å². The molecule has 0 aromatic heterocycles. The summed E-state index contributed by atoms with van der Waals surface area (Å²) in [4.78, 5) is 12.2. The van der Waals surface area contributed by atoms with Crippen LogP contribution in [0.15, 0.2) is 36.9 Å². The number of carbonyl (C=O) groups is 1. The fraction of sp³-hybridized carbons (Fsp3) is 0.591. The van der Waals surface area contributed by atoms with Crippen LogP contribution in [0, 0.1) is 9.49 Å². The molecule has 5 nitrogen and oxygen atoms in total. The summed E-state index contributed by atoms with van der Waals surface area (Å²) in [6, 6.07) is 7.35. The molecule has 2 unspecified atom stereocenters. The summed E-state index contributed by atoms with van der Waals surface area (Å²) in [7, 11) is 0. The Labute approximate surface area is 187 Å². The largest absolute Gasteiger partial charge is 0.444 e. The van der Waals surface area contributed by atoms with Crippen molar-refractivity contribution in [3.8, 4) is 0 Å². The zero-order valence-electron chi connectivity index (χ0n) is 17.8. The van der Waals surface area contributed by atoms with Gasteiger partial charge in [-0.05, 0) is 73.9 Å². The van der Waals surface area contributed by atoms with Crippen molar-refractivity contribution in [2.45, 2.75) is 64.5 Å². The number of ether oxygens (including phenoxy) is 1. The number of hydrogen-bond donors (Lipinski definition) is 3. The highest BCUT2D eigenvalue weighted by Gasteiger charge is 2.25. The molecule has 7 heteroatoms. The average molecular weight is 520 g/mol. The quantitative estimate of drug-likeness (QED) is 0.302. The van der Waals surface area contributed by atoms with Crippen LogP contribution in [-0.4, -0.2) is 48.2 Å². The van der Waals surface area contributed by atoms with E-state index in [0.29, 0.717) is 19.4 Å². The number of allylic oxidation sites excluding steroid dienone is 1. The molecular formula is C22H34FIN2O3. The molecule has 0 aliphatic carbocycles. The van der Waals surface area contributed by atoms with Gasteiger partial charge in [0.1, 0.15) is 11.8 Å². The first kappa shape index (κ1) is 25.8. The van der Waals surface area contributed by atoms with Gasteiger partial charge in [0.05, 0.1) is 12.1 Å². The highest BCUT2D eigenvalue weighted by molar-refractivity contribution is 14.1.